The molecule has 2 heterocycles. The summed E-state index contributed by atoms with van der Waals surface area (Å²) in [6.45, 7) is 9.99. The van der Waals surface area contributed by atoms with Gasteiger partial charge in [0.2, 0.25) is 5.91 Å². The highest BCUT2D eigenvalue weighted by atomic mass is 16.5. The number of nitrogens with zero attached hydrogens (tertiary/aromatic N) is 2. The van der Waals surface area contributed by atoms with E-state index in [0.29, 0.717) is 18.0 Å². The van der Waals surface area contributed by atoms with Crippen LogP contribution in [0, 0.1) is 0 Å². The number of hydrogen-bond donors (Lipinski definition) is 4. The molecule has 164 valence electrons. The number of amides is 1. The van der Waals surface area contributed by atoms with Crippen LogP contribution in [-0.2, 0) is 11.2 Å². The fraction of sp³-hybridized carbons (Fsp3) is 0.600. The molecule has 4 N–H and O–H groups in total. The maximum Gasteiger partial charge on any atom is 0.547 e. The van der Waals surface area contributed by atoms with E-state index in [0.717, 1.165) is 39.3 Å². The van der Waals surface area contributed by atoms with Crippen molar-refractivity contribution in [2.24, 2.45) is 0 Å². The molecule has 2 aliphatic rings. The molecule has 30 heavy (non-hydrogen) atoms. The second-order valence-corrected chi connectivity index (χ2v) is 8.21. The average molecular weight is 418 g/mol. The van der Waals surface area contributed by atoms with Gasteiger partial charge in [-0.2, -0.15) is 0 Å². The molecule has 9 nitrogen and oxygen atoms in total. The Balaban J connectivity index is 1.46. The summed E-state index contributed by atoms with van der Waals surface area (Å²) in [4.78, 5) is 28.3. The molecule has 1 atom stereocenters. The smallest absolute Gasteiger partial charge is 0.534 e. The van der Waals surface area contributed by atoms with Crippen molar-refractivity contribution in [1.82, 2.24) is 20.4 Å². The van der Waals surface area contributed by atoms with Crippen LogP contribution < -0.4 is 15.3 Å². The van der Waals surface area contributed by atoms with Gasteiger partial charge in [0.1, 0.15) is 5.75 Å². The third-order valence-corrected chi connectivity index (χ3v) is 5.51. The van der Waals surface area contributed by atoms with Crippen LogP contribution in [0.2, 0.25) is 0 Å². The van der Waals surface area contributed by atoms with Crippen LogP contribution in [0.25, 0.3) is 0 Å². The van der Waals surface area contributed by atoms with Gasteiger partial charge in [-0.05, 0) is 18.1 Å². The largest absolute Gasteiger partial charge is 0.547 e. The van der Waals surface area contributed by atoms with Gasteiger partial charge in [0.15, 0.2) is 0 Å². The van der Waals surface area contributed by atoms with Gasteiger partial charge in [0.25, 0.3) is 0 Å². The molecule has 0 spiro atoms. The van der Waals surface area contributed by atoms with Crippen LogP contribution in [0.1, 0.15) is 29.8 Å². The van der Waals surface area contributed by atoms with Crippen LogP contribution in [0.15, 0.2) is 18.2 Å². The lowest BCUT2D eigenvalue weighted by Crippen LogP contribution is -2.56. The third kappa shape index (κ3) is 5.94. The van der Waals surface area contributed by atoms with Crippen molar-refractivity contribution in [3.05, 3.63) is 29.3 Å². The Morgan fingerprint density at radius 1 is 1.23 bits per heavy atom. The second-order valence-electron chi connectivity index (χ2n) is 8.21. The van der Waals surface area contributed by atoms with E-state index in [1.165, 1.54) is 6.07 Å². The Labute approximate surface area is 177 Å². The van der Waals surface area contributed by atoms with E-state index in [4.69, 9.17) is 4.65 Å². The van der Waals surface area contributed by atoms with Gasteiger partial charge in [-0.3, -0.25) is 14.6 Å². The number of carboxylic acid groups (broad SMARTS) is 1. The Kier molecular flexibility index (Phi) is 7.71. The standard InChI is InChI=1S/C20H31BN4O5/c1-14(2)22-6-7-24-8-10-25(11-9-24)13-18(26)23-17-12-15-4-3-5-16(20(27)28)19(15)30-21(17)29/h3-5,14,17,22,29H,6-13H2,1-2H3,(H,23,26)(H,27,28)/t17-/m0/s1. The lowest BCUT2D eigenvalue weighted by atomic mass is 9.72. The summed E-state index contributed by atoms with van der Waals surface area (Å²) >= 11 is 0. The molecule has 10 heteroatoms. The van der Waals surface area contributed by atoms with E-state index in [9.17, 15) is 19.7 Å². The van der Waals surface area contributed by atoms with Gasteiger partial charge in [-0.15, -0.1) is 0 Å². The van der Waals surface area contributed by atoms with Crippen LogP contribution in [0.5, 0.6) is 5.75 Å². The molecule has 3 rings (SSSR count). The number of nitrogens with one attached hydrogen (secondary N) is 2. The predicted molar refractivity (Wildman–Crippen MR) is 114 cm³/mol. The Hall–Kier alpha value is -2.14. The first-order valence-electron chi connectivity index (χ1n) is 10.5. The van der Waals surface area contributed by atoms with E-state index in [-0.39, 0.29) is 23.8 Å². The summed E-state index contributed by atoms with van der Waals surface area (Å²) in [6, 6.07) is 5.31. The molecule has 1 fully saturated rings. The number of carbonyl (C=O) groups excluding carboxylic acids is 1. The highest BCUT2D eigenvalue weighted by Crippen LogP contribution is 2.30. The van der Waals surface area contributed by atoms with Crippen molar-refractivity contribution < 1.29 is 24.4 Å². The first kappa shape index (κ1) is 22.5. The van der Waals surface area contributed by atoms with Gasteiger partial charge < -0.3 is 25.4 Å². The zero-order valence-corrected chi connectivity index (χ0v) is 17.6. The molecular formula is C20H31BN4O5. The van der Waals surface area contributed by atoms with Crippen molar-refractivity contribution in [2.45, 2.75) is 32.3 Å². The van der Waals surface area contributed by atoms with Crippen molar-refractivity contribution in [1.29, 1.82) is 0 Å². The lowest BCUT2D eigenvalue weighted by molar-refractivity contribution is -0.123. The zero-order chi connectivity index (χ0) is 21.7. The monoisotopic (exact) mass is 418 g/mol. The van der Waals surface area contributed by atoms with Crippen molar-refractivity contribution >= 4 is 19.0 Å². The Morgan fingerprint density at radius 3 is 2.60 bits per heavy atom. The Morgan fingerprint density at radius 2 is 1.93 bits per heavy atom. The highest BCUT2D eigenvalue weighted by molar-refractivity contribution is 6.47. The summed E-state index contributed by atoms with van der Waals surface area (Å²) in [7, 11) is -1.28. The SMILES string of the molecule is CC(C)NCCN1CCN(CC(=O)N[C@H]2Cc3cccc(C(=O)O)c3OB2O)CC1. The van der Waals surface area contributed by atoms with Gasteiger partial charge in [0.05, 0.1) is 18.0 Å². The van der Waals surface area contributed by atoms with Gasteiger partial charge in [-0.25, -0.2) is 4.79 Å². The number of rotatable bonds is 8. The second kappa shape index (κ2) is 10.3. The highest BCUT2D eigenvalue weighted by Gasteiger charge is 2.37. The quantitative estimate of drug-likeness (QED) is 0.416. The molecule has 2 aliphatic heterocycles. The minimum Gasteiger partial charge on any atom is -0.534 e. The minimum atomic E-state index is -1.28. The summed E-state index contributed by atoms with van der Waals surface area (Å²) in [5, 5.41) is 25.8. The Bertz CT molecular complexity index is 755. The average Bonchev–Trinajstić information content (AvgIpc) is 2.69. The molecule has 1 aromatic carbocycles. The van der Waals surface area contributed by atoms with Gasteiger partial charge in [0, 0.05) is 45.3 Å². The van der Waals surface area contributed by atoms with E-state index in [2.05, 4.69) is 34.3 Å². The molecular weight excluding hydrogens is 387 g/mol. The van der Waals surface area contributed by atoms with Crippen molar-refractivity contribution in [3.63, 3.8) is 0 Å². The summed E-state index contributed by atoms with van der Waals surface area (Å²) in [5.74, 6) is -1.72. The normalized spacial score (nSPS) is 20.0. The predicted octanol–water partition coefficient (Wildman–Crippen LogP) is -0.560. The van der Waals surface area contributed by atoms with Crippen molar-refractivity contribution in [2.75, 3.05) is 45.8 Å². The van der Waals surface area contributed by atoms with Crippen LogP contribution in [0.3, 0.4) is 0 Å². The lowest BCUT2D eigenvalue weighted by Gasteiger charge is -2.35. The molecule has 1 amide bonds. The molecule has 0 saturated carbocycles. The molecule has 1 aromatic rings. The number of carbonyl (C=O) groups is 2. The molecule has 0 radical (unpaired) electrons. The van der Waals surface area contributed by atoms with E-state index in [1.54, 1.807) is 12.1 Å². The van der Waals surface area contributed by atoms with Crippen LogP contribution >= 0.6 is 0 Å². The van der Waals surface area contributed by atoms with Crippen LogP contribution in [-0.4, -0.2) is 96.7 Å². The van der Waals surface area contributed by atoms with Crippen molar-refractivity contribution in [3.8, 4) is 5.75 Å². The molecule has 0 aromatic heterocycles. The number of aromatic carboxylic acids is 1. The minimum absolute atomic E-state index is 0.0118. The number of hydrogen-bond acceptors (Lipinski definition) is 7. The fourth-order valence-electron chi connectivity index (χ4n) is 3.85. The topological polar surface area (TPSA) is 114 Å². The number of benzene rings is 1. The first-order chi connectivity index (χ1) is 14.3. The van der Waals surface area contributed by atoms with Crippen LogP contribution in [0.4, 0.5) is 0 Å². The number of fused-ring (bicyclic) bond motifs is 1. The fourth-order valence-corrected chi connectivity index (χ4v) is 3.85. The molecule has 1 saturated heterocycles. The third-order valence-electron chi connectivity index (χ3n) is 5.51. The molecule has 0 aliphatic carbocycles. The van der Waals surface area contributed by atoms with E-state index in [1.807, 2.05) is 0 Å². The zero-order valence-electron chi connectivity index (χ0n) is 17.6. The number of para-hydroxylation sites is 1. The summed E-state index contributed by atoms with van der Waals surface area (Å²) in [5.41, 5.74) is 0.673. The summed E-state index contributed by atoms with van der Waals surface area (Å²) < 4.78 is 5.43. The van der Waals surface area contributed by atoms with Gasteiger partial charge in [-0.1, -0.05) is 26.0 Å². The van der Waals surface area contributed by atoms with E-state index < -0.39 is 19.0 Å². The van der Waals surface area contributed by atoms with E-state index >= 15 is 0 Å². The maximum atomic E-state index is 12.5. The number of piperazine rings is 1. The first-order valence-corrected chi connectivity index (χ1v) is 10.5. The molecule has 0 bridgehead atoms. The number of carboxylic acids is 1. The maximum absolute atomic E-state index is 12.5. The van der Waals surface area contributed by atoms with Gasteiger partial charge >= 0.3 is 13.1 Å². The molecule has 0 unspecified atom stereocenters. The summed E-state index contributed by atoms with van der Waals surface area (Å²) in [6.07, 6.45) is 0.319.